The molecule has 2 heteroatoms. The summed E-state index contributed by atoms with van der Waals surface area (Å²) in [4.78, 5) is 0. The standard InChI is InChI=1S/C13H24N2/c1-3-4-5-6-7-8-9-10-11-15-13(2)12-14/h10-11,13,15H,3-9H2,1-2H3/b11-10+. The summed E-state index contributed by atoms with van der Waals surface area (Å²) < 4.78 is 0. The van der Waals surface area contributed by atoms with Gasteiger partial charge in [0, 0.05) is 0 Å². The van der Waals surface area contributed by atoms with E-state index >= 15 is 0 Å². The first-order valence-corrected chi connectivity index (χ1v) is 6.12. The van der Waals surface area contributed by atoms with Gasteiger partial charge in [-0.25, -0.2) is 0 Å². The van der Waals surface area contributed by atoms with E-state index in [4.69, 9.17) is 5.26 Å². The van der Waals surface area contributed by atoms with Crippen molar-refractivity contribution in [1.82, 2.24) is 5.32 Å². The largest absolute Gasteiger partial charge is 0.376 e. The number of allylic oxidation sites excluding steroid dienone is 1. The van der Waals surface area contributed by atoms with Gasteiger partial charge in [-0.2, -0.15) is 5.26 Å². The van der Waals surface area contributed by atoms with Gasteiger partial charge in [0.1, 0.15) is 6.04 Å². The van der Waals surface area contributed by atoms with Gasteiger partial charge in [-0.15, -0.1) is 0 Å². The van der Waals surface area contributed by atoms with Gasteiger partial charge < -0.3 is 5.32 Å². The summed E-state index contributed by atoms with van der Waals surface area (Å²) in [5, 5.41) is 11.5. The number of rotatable bonds is 9. The van der Waals surface area contributed by atoms with Crippen LogP contribution in [0.2, 0.25) is 0 Å². The van der Waals surface area contributed by atoms with Gasteiger partial charge in [0.05, 0.1) is 6.07 Å². The fraction of sp³-hybridized carbons (Fsp3) is 0.769. The molecule has 0 radical (unpaired) electrons. The molecule has 2 nitrogen and oxygen atoms in total. The van der Waals surface area contributed by atoms with Crippen LogP contribution in [0.4, 0.5) is 0 Å². The second kappa shape index (κ2) is 11.1. The second-order valence-electron chi connectivity index (χ2n) is 3.98. The Morgan fingerprint density at radius 3 is 2.53 bits per heavy atom. The molecular formula is C13H24N2. The molecule has 0 fully saturated rings. The lowest BCUT2D eigenvalue weighted by Gasteiger charge is -2.00. The Hall–Kier alpha value is -0.970. The molecular weight excluding hydrogens is 184 g/mol. The maximum absolute atomic E-state index is 8.51. The average molecular weight is 208 g/mol. The summed E-state index contributed by atoms with van der Waals surface area (Å²) in [6.45, 7) is 4.10. The van der Waals surface area contributed by atoms with Crippen LogP contribution in [0.15, 0.2) is 12.3 Å². The SMILES string of the molecule is CCCCCCCC/C=C/NC(C)C#N. The van der Waals surface area contributed by atoms with Gasteiger partial charge in [0.2, 0.25) is 0 Å². The summed E-state index contributed by atoms with van der Waals surface area (Å²) in [7, 11) is 0. The van der Waals surface area contributed by atoms with Gasteiger partial charge in [-0.05, 0) is 26.0 Å². The molecule has 15 heavy (non-hydrogen) atoms. The highest BCUT2D eigenvalue weighted by atomic mass is 14.9. The molecule has 0 aliphatic rings. The van der Waals surface area contributed by atoms with E-state index in [0.717, 1.165) is 6.42 Å². The number of nitriles is 1. The minimum Gasteiger partial charge on any atom is -0.376 e. The molecule has 1 atom stereocenters. The molecule has 0 saturated heterocycles. The number of nitrogens with one attached hydrogen (secondary N) is 1. The van der Waals surface area contributed by atoms with Crippen molar-refractivity contribution in [2.45, 2.75) is 64.8 Å². The molecule has 0 aromatic carbocycles. The number of unbranched alkanes of at least 4 members (excludes halogenated alkanes) is 6. The Labute approximate surface area is 94.4 Å². The highest BCUT2D eigenvalue weighted by Gasteiger charge is 1.91. The summed E-state index contributed by atoms with van der Waals surface area (Å²) >= 11 is 0. The lowest BCUT2D eigenvalue weighted by Crippen LogP contribution is -2.17. The van der Waals surface area contributed by atoms with Crippen LogP contribution in [0.5, 0.6) is 0 Å². The molecule has 1 unspecified atom stereocenters. The van der Waals surface area contributed by atoms with Gasteiger partial charge in [0.15, 0.2) is 0 Å². The molecule has 0 aromatic heterocycles. The van der Waals surface area contributed by atoms with E-state index in [1.807, 2.05) is 13.1 Å². The molecule has 0 rings (SSSR count). The molecule has 0 aliphatic carbocycles. The van der Waals surface area contributed by atoms with E-state index in [1.54, 1.807) is 0 Å². The number of hydrogen-bond donors (Lipinski definition) is 1. The van der Waals surface area contributed by atoms with Crippen LogP contribution in [0.25, 0.3) is 0 Å². The lowest BCUT2D eigenvalue weighted by atomic mass is 10.1. The van der Waals surface area contributed by atoms with Crippen molar-refractivity contribution in [2.75, 3.05) is 0 Å². The van der Waals surface area contributed by atoms with E-state index in [2.05, 4.69) is 24.4 Å². The first-order chi connectivity index (χ1) is 7.31. The Morgan fingerprint density at radius 2 is 1.87 bits per heavy atom. The summed E-state index contributed by atoms with van der Waals surface area (Å²) in [6.07, 6.45) is 13.2. The third-order valence-corrected chi connectivity index (χ3v) is 2.38. The highest BCUT2D eigenvalue weighted by Crippen LogP contribution is 2.06. The number of nitrogens with zero attached hydrogens (tertiary/aromatic N) is 1. The van der Waals surface area contributed by atoms with Crippen molar-refractivity contribution in [1.29, 1.82) is 5.26 Å². The number of hydrogen-bond acceptors (Lipinski definition) is 2. The van der Waals surface area contributed by atoms with Crippen LogP contribution < -0.4 is 5.32 Å². The first kappa shape index (κ1) is 14.0. The highest BCUT2D eigenvalue weighted by molar-refractivity contribution is 4.91. The monoisotopic (exact) mass is 208 g/mol. The Balaban J connectivity index is 3.14. The third kappa shape index (κ3) is 11.0. The normalized spacial score (nSPS) is 12.6. The predicted octanol–water partition coefficient (Wildman–Crippen LogP) is 3.75. The lowest BCUT2D eigenvalue weighted by molar-refractivity contribution is 0.610. The fourth-order valence-corrected chi connectivity index (χ4v) is 1.38. The topological polar surface area (TPSA) is 35.8 Å². The van der Waals surface area contributed by atoms with Crippen LogP contribution >= 0.6 is 0 Å². The Morgan fingerprint density at radius 1 is 1.20 bits per heavy atom. The Bertz CT molecular complexity index is 191. The molecule has 0 bridgehead atoms. The minimum atomic E-state index is -0.0780. The van der Waals surface area contributed by atoms with Crippen LogP contribution in [-0.2, 0) is 0 Å². The molecule has 1 N–H and O–H groups in total. The van der Waals surface area contributed by atoms with Crippen molar-refractivity contribution in [3.05, 3.63) is 12.3 Å². The van der Waals surface area contributed by atoms with Crippen LogP contribution in [0.1, 0.15) is 58.8 Å². The van der Waals surface area contributed by atoms with Crippen molar-refractivity contribution < 1.29 is 0 Å². The molecule has 0 aromatic rings. The molecule has 0 amide bonds. The maximum atomic E-state index is 8.51. The predicted molar refractivity (Wildman–Crippen MR) is 65.3 cm³/mol. The van der Waals surface area contributed by atoms with E-state index in [9.17, 15) is 0 Å². The smallest absolute Gasteiger partial charge is 0.111 e. The quantitative estimate of drug-likeness (QED) is 0.586. The zero-order valence-electron chi connectivity index (χ0n) is 10.1. The van der Waals surface area contributed by atoms with Crippen molar-refractivity contribution in [2.24, 2.45) is 0 Å². The van der Waals surface area contributed by atoms with Gasteiger partial charge >= 0.3 is 0 Å². The summed E-state index contributed by atoms with van der Waals surface area (Å²) in [6, 6.07) is 2.05. The zero-order valence-corrected chi connectivity index (χ0v) is 10.1. The second-order valence-corrected chi connectivity index (χ2v) is 3.98. The molecule has 0 saturated carbocycles. The van der Waals surface area contributed by atoms with Gasteiger partial charge in [-0.3, -0.25) is 0 Å². The van der Waals surface area contributed by atoms with Crippen LogP contribution in [-0.4, -0.2) is 6.04 Å². The third-order valence-electron chi connectivity index (χ3n) is 2.38. The minimum absolute atomic E-state index is 0.0780. The molecule has 86 valence electrons. The zero-order chi connectivity index (χ0) is 11.4. The fourth-order valence-electron chi connectivity index (χ4n) is 1.38. The first-order valence-electron chi connectivity index (χ1n) is 6.12. The van der Waals surface area contributed by atoms with Crippen molar-refractivity contribution >= 4 is 0 Å². The van der Waals surface area contributed by atoms with Gasteiger partial charge in [-0.1, -0.05) is 45.1 Å². The maximum Gasteiger partial charge on any atom is 0.111 e. The van der Waals surface area contributed by atoms with Crippen LogP contribution in [0, 0.1) is 11.3 Å². The molecule has 0 spiro atoms. The van der Waals surface area contributed by atoms with E-state index in [-0.39, 0.29) is 6.04 Å². The van der Waals surface area contributed by atoms with E-state index in [1.165, 1.54) is 38.5 Å². The summed E-state index contributed by atoms with van der Waals surface area (Å²) in [5.41, 5.74) is 0. The van der Waals surface area contributed by atoms with Crippen LogP contribution in [0.3, 0.4) is 0 Å². The molecule has 0 aliphatic heterocycles. The van der Waals surface area contributed by atoms with Crippen molar-refractivity contribution in [3.8, 4) is 6.07 Å². The molecule has 0 heterocycles. The van der Waals surface area contributed by atoms with E-state index in [0.29, 0.717) is 0 Å². The average Bonchev–Trinajstić information content (AvgIpc) is 2.26. The van der Waals surface area contributed by atoms with E-state index < -0.39 is 0 Å². The Kier molecular flexibility index (Phi) is 10.4. The van der Waals surface area contributed by atoms with Gasteiger partial charge in [0.25, 0.3) is 0 Å². The summed E-state index contributed by atoms with van der Waals surface area (Å²) in [5.74, 6) is 0. The van der Waals surface area contributed by atoms with Crippen molar-refractivity contribution in [3.63, 3.8) is 0 Å².